The van der Waals surface area contributed by atoms with Crippen molar-refractivity contribution in [3.63, 3.8) is 0 Å². The average molecular weight is 347 g/mol. The van der Waals surface area contributed by atoms with Crippen molar-refractivity contribution in [1.82, 2.24) is 9.97 Å². The molecule has 1 heterocycles. The predicted molar refractivity (Wildman–Crippen MR) is 70.6 cm³/mol. The second-order valence-electron chi connectivity index (χ2n) is 3.93. The Bertz CT molecular complexity index is 617. The molecule has 0 atom stereocenters. The van der Waals surface area contributed by atoms with E-state index in [4.69, 9.17) is 4.74 Å². The van der Waals surface area contributed by atoms with Crippen LogP contribution < -0.4 is 4.74 Å². The van der Waals surface area contributed by atoms with Crippen LogP contribution in [0.5, 0.6) is 11.6 Å². The van der Waals surface area contributed by atoms with Crippen LogP contribution in [0.1, 0.15) is 18.3 Å². The van der Waals surface area contributed by atoms with Gasteiger partial charge in [-0.15, -0.1) is 0 Å². The van der Waals surface area contributed by atoms with E-state index in [2.05, 4.69) is 25.9 Å². The molecule has 0 amide bonds. The van der Waals surface area contributed by atoms with Gasteiger partial charge in [0.25, 0.3) is 0 Å². The molecule has 0 radical (unpaired) electrons. The topological polar surface area (TPSA) is 35.0 Å². The second-order valence-corrected chi connectivity index (χ2v) is 4.74. The van der Waals surface area contributed by atoms with E-state index in [9.17, 15) is 13.2 Å². The number of ether oxygens (including phenoxy) is 1. The summed E-state index contributed by atoms with van der Waals surface area (Å²) in [5.41, 5.74) is -0.765. The van der Waals surface area contributed by atoms with Crippen molar-refractivity contribution in [2.75, 3.05) is 0 Å². The number of alkyl halides is 3. The maximum absolute atomic E-state index is 12.6. The molecule has 0 spiro atoms. The van der Waals surface area contributed by atoms with Crippen LogP contribution >= 0.6 is 15.9 Å². The van der Waals surface area contributed by atoms with Gasteiger partial charge in [0.05, 0.1) is 5.56 Å². The standard InChI is InChI=1S/C13H10BrF3N2O/c1-2-11-18-10(14)7-12(19-11)20-9-5-3-4-8(6-9)13(15,16)17/h3-7H,2H2,1H3. The van der Waals surface area contributed by atoms with Gasteiger partial charge in [-0.25, -0.2) is 4.98 Å². The summed E-state index contributed by atoms with van der Waals surface area (Å²) in [4.78, 5) is 8.19. The first-order chi connectivity index (χ1) is 9.38. The van der Waals surface area contributed by atoms with Crippen LogP contribution in [0, 0.1) is 0 Å². The highest BCUT2D eigenvalue weighted by Crippen LogP contribution is 2.32. The Morgan fingerprint density at radius 3 is 2.60 bits per heavy atom. The molecule has 2 aromatic rings. The number of benzene rings is 1. The second kappa shape index (κ2) is 5.78. The highest BCUT2D eigenvalue weighted by molar-refractivity contribution is 9.10. The Hall–Kier alpha value is -1.63. The maximum Gasteiger partial charge on any atom is 0.416 e. The summed E-state index contributed by atoms with van der Waals surface area (Å²) in [5.74, 6) is 0.817. The lowest BCUT2D eigenvalue weighted by Gasteiger charge is -2.10. The third kappa shape index (κ3) is 3.69. The Morgan fingerprint density at radius 1 is 1.20 bits per heavy atom. The van der Waals surface area contributed by atoms with E-state index < -0.39 is 11.7 Å². The van der Waals surface area contributed by atoms with Crippen molar-refractivity contribution in [1.29, 1.82) is 0 Å². The Morgan fingerprint density at radius 2 is 1.95 bits per heavy atom. The molecule has 0 unspecified atom stereocenters. The zero-order valence-corrected chi connectivity index (χ0v) is 12.0. The van der Waals surface area contributed by atoms with Crippen LogP contribution in [0.2, 0.25) is 0 Å². The van der Waals surface area contributed by atoms with Gasteiger partial charge in [0.1, 0.15) is 16.2 Å². The minimum atomic E-state index is -4.40. The van der Waals surface area contributed by atoms with Crippen LogP contribution in [-0.4, -0.2) is 9.97 Å². The fraction of sp³-hybridized carbons (Fsp3) is 0.231. The summed E-state index contributed by atoms with van der Waals surface area (Å²) < 4.78 is 43.7. The molecule has 0 N–H and O–H groups in total. The van der Waals surface area contributed by atoms with Gasteiger partial charge in [0.2, 0.25) is 5.88 Å². The quantitative estimate of drug-likeness (QED) is 0.761. The van der Waals surface area contributed by atoms with Crippen LogP contribution in [0.15, 0.2) is 34.9 Å². The molecule has 3 nitrogen and oxygen atoms in total. The molecule has 0 saturated carbocycles. The van der Waals surface area contributed by atoms with Gasteiger partial charge in [-0.3, -0.25) is 0 Å². The number of aromatic nitrogens is 2. The lowest BCUT2D eigenvalue weighted by atomic mass is 10.2. The maximum atomic E-state index is 12.6. The SMILES string of the molecule is CCc1nc(Br)cc(Oc2cccc(C(F)(F)F)c2)n1. The van der Waals surface area contributed by atoms with Gasteiger partial charge in [-0.2, -0.15) is 18.2 Å². The highest BCUT2D eigenvalue weighted by Gasteiger charge is 2.30. The number of nitrogens with zero attached hydrogens (tertiary/aromatic N) is 2. The summed E-state index contributed by atoms with van der Waals surface area (Å²) in [7, 11) is 0. The van der Waals surface area contributed by atoms with E-state index in [1.165, 1.54) is 18.2 Å². The number of aryl methyl sites for hydroxylation is 1. The van der Waals surface area contributed by atoms with Crippen LogP contribution in [0.3, 0.4) is 0 Å². The molecular formula is C13H10BrF3N2O. The molecule has 0 saturated heterocycles. The Kier molecular flexibility index (Phi) is 4.27. The molecule has 0 bridgehead atoms. The molecule has 1 aromatic carbocycles. The fourth-order valence-electron chi connectivity index (χ4n) is 1.51. The van der Waals surface area contributed by atoms with Crippen LogP contribution in [-0.2, 0) is 12.6 Å². The molecule has 0 aliphatic carbocycles. The van der Waals surface area contributed by atoms with Gasteiger partial charge in [0.15, 0.2) is 0 Å². The summed E-state index contributed by atoms with van der Waals surface area (Å²) in [6.07, 6.45) is -3.81. The van der Waals surface area contributed by atoms with Crippen LogP contribution in [0.4, 0.5) is 13.2 Å². The lowest BCUT2D eigenvalue weighted by molar-refractivity contribution is -0.137. The Labute approximate surface area is 122 Å². The van der Waals surface area contributed by atoms with Crippen molar-refractivity contribution in [3.05, 3.63) is 46.3 Å². The van der Waals surface area contributed by atoms with Gasteiger partial charge in [-0.1, -0.05) is 13.0 Å². The van der Waals surface area contributed by atoms with Crippen LogP contribution in [0.25, 0.3) is 0 Å². The third-order valence-electron chi connectivity index (χ3n) is 2.42. The van der Waals surface area contributed by atoms with Gasteiger partial charge < -0.3 is 4.74 Å². The highest BCUT2D eigenvalue weighted by atomic mass is 79.9. The summed E-state index contributed by atoms with van der Waals surface area (Å²) in [6.45, 7) is 1.87. The number of hydrogen-bond donors (Lipinski definition) is 0. The first-order valence-electron chi connectivity index (χ1n) is 5.77. The summed E-state index contributed by atoms with van der Waals surface area (Å²) >= 11 is 3.20. The molecule has 20 heavy (non-hydrogen) atoms. The molecule has 7 heteroatoms. The number of halogens is 4. The summed E-state index contributed by atoms with van der Waals surface area (Å²) in [5, 5.41) is 0. The minimum absolute atomic E-state index is 0.0764. The molecular weight excluding hydrogens is 337 g/mol. The largest absolute Gasteiger partial charge is 0.439 e. The Balaban J connectivity index is 2.28. The number of hydrogen-bond acceptors (Lipinski definition) is 3. The van der Waals surface area contributed by atoms with Crippen molar-refractivity contribution >= 4 is 15.9 Å². The molecule has 0 fully saturated rings. The van der Waals surface area contributed by atoms with Crippen molar-refractivity contribution in [3.8, 4) is 11.6 Å². The van der Waals surface area contributed by atoms with Crippen molar-refractivity contribution in [2.24, 2.45) is 0 Å². The van der Waals surface area contributed by atoms with Gasteiger partial charge in [-0.05, 0) is 34.1 Å². The normalized spacial score (nSPS) is 11.4. The summed E-state index contributed by atoms with van der Waals surface area (Å²) in [6, 6.07) is 6.15. The van der Waals surface area contributed by atoms with E-state index in [0.717, 1.165) is 12.1 Å². The molecule has 2 rings (SSSR count). The van der Waals surface area contributed by atoms with E-state index >= 15 is 0 Å². The zero-order chi connectivity index (χ0) is 14.8. The van der Waals surface area contributed by atoms with E-state index in [0.29, 0.717) is 16.8 Å². The first-order valence-corrected chi connectivity index (χ1v) is 6.56. The molecule has 106 valence electrons. The van der Waals surface area contributed by atoms with E-state index in [-0.39, 0.29) is 11.6 Å². The van der Waals surface area contributed by atoms with E-state index in [1.54, 1.807) is 0 Å². The van der Waals surface area contributed by atoms with Gasteiger partial charge >= 0.3 is 6.18 Å². The van der Waals surface area contributed by atoms with Crippen molar-refractivity contribution in [2.45, 2.75) is 19.5 Å². The van der Waals surface area contributed by atoms with E-state index in [1.807, 2.05) is 6.92 Å². The molecule has 0 aliphatic heterocycles. The zero-order valence-electron chi connectivity index (χ0n) is 10.4. The third-order valence-corrected chi connectivity index (χ3v) is 2.82. The molecule has 0 aliphatic rings. The van der Waals surface area contributed by atoms with Gasteiger partial charge in [0, 0.05) is 12.5 Å². The average Bonchev–Trinajstić information content (AvgIpc) is 2.37. The smallest absolute Gasteiger partial charge is 0.416 e. The lowest BCUT2D eigenvalue weighted by Crippen LogP contribution is -2.04. The van der Waals surface area contributed by atoms with Crippen molar-refractivity contribution < 1.29 is 17.9 Å². The minimum Gasteiger partial charge on any atom is -0.439 e. The first kappa shape index (κ1) is 14.8. The molecule has 1 aromatic heterocycles. The fourth-order valence-corrected chi connectivity index (χ4v) is 1.91. The monoisotopic (exact) mass is 346 g/mol. The number of rotatable bonds is 3. The predicted octanol–water partition coefficient (Wildman–Crippen LogP) is 4.61.